The molecule has 0 unspecified atom stereocenters. The van der Waals surface area contributed by atoms with Gasteiger partial charge in [-0.2, -0.15) is 9.47 Å². The summed E-state index contributed by atoms with van der Waals surface area (Å²) in [6, 6.07) is 0.497. The third kappa shape index (κ3) is 2.87. The quantitative estimate of drug-likeness (QED) is 0.711. The van der Waals surface area contributed by atoms with Gasteiger partial charge in [0.2, 0.25) is 5.95 Å². The van der Waals surface area contributed by atoms with Gasteiger partial charge in [-0.05, 0) is 31.3 Å². The van der Waals surface area contributed by atoms with Crippen molar-refractivity contribution < 1.29 is 4.74 Å². The van der Waals surface area contributed by atoms with Crippen LogP contribution in [0.15, 0.2) is 6.20 Å². The number of H-pyrrole nitrogens is 1. The molecular weight excluding hydrogens is 370 g/mol. The zero-order chi connectivity index (χ0) is 17.5. The van der Waals surface area contributed by atoms with Crippen molar-refractivity contribution in [3.8, 4) is 11.3 Å². The number of nitrogens with zero attached hydrogens (tertiary/aromatic N) is 5. The number of nitrogens with one attached hydrogen (secondary N) is 2. The van der Waals surface area contributed by atoms with Gasteiger partial charge in [0.25, 0.3) is 0 Å². The van der Waals surface area contributed by atoms with E-state index in [0.29, 0.717) is 12.0 Å². The number of aromatic amines is 1. The number of anilines is 3. The van der Waals surface area contributed by atoms with E-state index in [0.717, 1.165) is 66.2 Å². The topological polar surface area (TPSA) is 91.8 Å². The van der Waals surface area contributed by atoms with Crippen molar-refractivity contribution in [1.29, 1.82) is 0 Å². The van der Waals surface area contributed by atoms with Crippen LogP contribution in [0.25, 0.3) is 11.3 Å². The van der Waals surface area contributed by atoms with Gasteiger partial charge >= 0.3 is 0 Å². The van der Waals surface area contributed by atoms with Gasteiger partial charge in [-0.1, -0.05) is 0 Å². The molecule has 5 rings (SSSR count). The maximum atomic E-state index is 5.53. The molecule has 0 bridgehead atoms. The lowest BCUT2D eigenvalue weighted by atomic mass is 10.1. The number of fused-ring (bicyclic) bond motifs is 3. The second-order valence-electron chi connectivity index (χ2n) is 6.47. The summed E-state index contributed by atoms with van der Waals surface area (Å²) in [5.41, 5.74) is 2.10. The minimum Gasteiger partial charge on any atom is -0.381 e. The first-order valence-electron chi connectivity index (χ1n) is 8.73. The molecule has 5 heterocycles. The molecule has 1 fully saturated rings. The van der Waals surface area contributed by atoms with Gasteiger partial charge in [0.05, 0.1) is 17.5 Å². The molecule has 3 aromatic heterocycles. The van der Waals surface area contributed by atoms with Crippen molar-refractivity contribution in [3.63, 3.8) is 0 Å². The summed E-state index contributed by atoms with van der Waals surface area (Å²) in [4.78, 5) is 12.9. The molecule has 0 saturated carbocycles. The smallest absolute Gasteiger partial charge is 0.241 e. The summed E-state index contributed by atoms with van der Waals surface area (Å²) in [6.45, 7) is 4.57. The molecule has 2 aliphatic rings. The van der Waals surface area contributed by atoms with E-state index in [-0.39, 0.29) is 0 Å². The minimum absolute atomic E-state index is 0.497. The van der Waals surface area contributed by atoms with Gasteiger partial charge in [0.15, 0.2) is 5.13 Å². The third-order valence-electron chi connectivity index (χ3n) is 4.82. The highest BCUT2D eigenvalue weighted by Crippen LogP contribution is 2.40. The number of aryl methyl sites for hydroxylation is 1. The van der Waals surface area contributed by atoms with Crippen LogP contribution >= 0.6 is 22.9 Å². The van der Waals surface area contributed by atoms with E-state index < -0.39 is 0 Å². The Morgan fingerprint density at radius 1 is 1.31 bits per heavy atom. The van der Waals surface area contributed by atoms with E-state index in [1.54, 1.807) is 11.3 Å². The zero-order valence-corrected chi connectivity index (χ0v) is 16.0. The molecule has 0 amide bonds. The van der Waals surface area contributed by atoms with Crippen LogP contribution in [0.1, 0.15) is 22.7 Å². The highest BCUT2D eigenvalue weighted by molar-refractivity contribution is 7.16. The van der Waals surface area contributed by atoms with E-state index >= 15 is 0 Å². The number of thiazole rings is 1. The first-order valence-corrected chi connectivity index (χ1v) is 10.3. The number of rotatable bonds is 3. The molecule has 8 nitrogen and oxygen atoms in total. The van der Waals surface area contributed by atoms with Gasteiger partial charge in [0.1, 0.15) is 10.8 Å². The van der Waals surface area contributed by atoms with Crippen LogP contribution in [-0.4, -0.2) is 50.3 Å². The number of aromatic nitrogens is 5. The van der Waals surface area contributed by atoms with Crippen molar-refractivity contribution in [2.24, 2.45) is 0 Å². The van der Waals surface area contributed by atoms with Crippen LogP contribution in [-0.2, 0) is 11.2 Å². The van der Waals surface area contributed by atoms with Crippen molar-refractivity contribution in [2.45, 2.75) is 32.2 Å². The van der Waals surface area contributed by atoms with Gasteiger partial charge in [-0.25, -0.2) is 9.97 Å². The first kappa shape index (κ1) is 16.2. The SMILES string of the molecule is Cc1nc(Nc2nc3c(s2)CCN(C2CCOCC2)c2[nH]ncc2-3)ns1. The highest BCUT2D eigenvalue weighted by atomic mass is 32.1. The lowest BCUT2D eigenvalue weighted by molar-refractivity contribution is 0.0843. The van der Waals surface area contributed by atoms with E-state index in [1.807, 2.05) is 13.1 Å². The van der Waals surface area contributed by atoms with Crippen LogP contribution in [0.4, 0.5) is 16.9 Å². The second kappa shape index (κ2) is 6.60. The standard InChI is InChI=1S/C16H19N7OS2/c1-9-18-15(22-26-9)20-16-19-13-11-8-17-21-14(11)23(5-2-12(13)25-16)10-3-6-24-7-4-10/h8,10H,2-7H2,1H3,(H,17,21)(H,19,20,22). The third-order valence-corrected chi connectivity index (χ3v) is 6.47. The molecule has 0 aliphatic carbocycles. The normalized spacial score (nSPS) is 17.7. The fourth-order valence-corrected chi connectivity index (χ4v) is 4.99. The van der Waals surface area contributed by atoms with Crippen molar-refractivity contribution in [3.05, 3.63) is 16.1 Å². The van der Waals surface area contributed by atoms with Crippen LogP contribution in [0.3, 0.4) is 0 Å². The summed E-state index contributed by atoms with van der Waals surface area (Å²) in [6.07, 6.45) is 4.97. The molecule has 0 aromatic carbocycles. The lowest BCUT2D eigenvalue weighted by Gasteiger charge is -2.34. The van der Waals surface area contributed by atoms with E-state index in [2.05, 4.69) is 29.8 Å². The predicted octanol–water partition coefficient (Wildman–Crippen LogP) is 2.98. The molecule has 2 N–H and O–H groups in total. The maximum absolute atomic E-state index is 5.53. The van der Waals surface area contributed by atoms with Crippen LogP contribution in [0, 0.1) is 6.92 Å². The van der Waals surface area contributed by atoms with Crippen LogP contribution in [0.2, 0.25) is 0 Å². The monoisotopic (exact) mass is 389 g/mol. The van der Waals surface area contributed by atoms with Gasteiger partial charge in [-0.3, -0.25) is 10.4 Å². The van der Waals surface area contributed by atoms with Crippen molar-refractivity contribution in [2.75, 3.05) is 30.0 Å². The van der Waals surface area contributed by atoms with Crippen LogP contribution in [0.5, 0.6) is 0 Å². The molecule has 26 heavy (non-hydrogen) atoms. The van der Waals surface area contributed by atoms with E-state index in [1.165, 1.54) is 16.4 Å². The summed E-state index contributed by atoms with van der Waals surface area (Å²) >= 11 is 3.07. The van der Waals surface area contributed by atoms with E-state index in [4.69, 9.17) is 9.72 Å². The first-order chi connectivity index (χ1) is 12.8. The Balaban J connectivity index is 1.46. The van der Waals surface area contributed by atoms with Crippen LogP contribution < -0.4 is 10.2 Å². The Bertz CT molecular complexity index is 911. The van der Waals surface area contributed by atoms with E-state index in [9.17, 15) is 0 Å². The molecule has 136 valence electrons. The molecule has 1 saturated heterocycles. The number of ether oxygens (including phenoxy) is 1. The summed E-state index contributed by atoms with van der Waals surface area (Å²) in [5, 5.41) is 12.5. The Morgan fingerprint density at radius 3 is 3.00 bits per heavy atom. The average Bonchev–Trinajstić information content (AvgIpc) is 3.36. The average molecular weight is 390 g/mol. The highest BCUT2D eigenvalue weighted by Gasteiger charge is 2.30. The fourth-order valence-electron chi connectivity index (χ4n) is 3.60. The zero-order valence-electron chi connectivity index (χ0n) is 14.4. The Kier molecular flexibility index (Phi) is 4.10. The predicted molar refractivity (Wildman–Crippen MR) is 103 cm³/mol. The summed E-state index contributed by atoms with van der Waals surface area (Å²) in [7, 11) is 0. The lowest BCUT2D eigenvalue weighted by Crippen LogP contribution is -2.40. The minimum atomic E-state index is 0.497. The van der Waals surface area contributed by atoms with Gasteiger partial charge in [0, 0.05) is 37.1 Å². The Morgan fingerprint density at radius 2 is 2.19 bits per heavy atom. The van der Waals surface area contributed by atoms with Gasteiger partial charge < -0.3 is 9.64 Å². The number of hydrogen-bond acceptors (Lipinski definition) is 9. The molecule has 0 spiro atoms. The van der Waals surface area contributed by atoms with Crippen molar-refractivity contribution >= 4 is 39.8 Å². The Hall–Kier alpha value is -2.04. The maximum Gasteiger partial charge on any atom is 0.241 e. The largest absolute Gasteiger partial charge is 0.381 e. The Labute approximate surface area is 158 Å². The molecule has 0 radical (unpaired) electrons. The molecular formula is C16H19N7OS2. The molecule has 3 aromatic rings. The molecule has 0 atom stereocenters. The second-order valence-corrected chi connectivity index (χ2v) is 8.51. The fraction of sp³-hybridized carbons (Fsp3) is 0.500. The summed E-state index contributed by atoms with van der Waals surface area (Å²) < 4.78 is 9.82. The number of hydrogen-bond donors (Lipinski definition) is 2. The van der Waals surface area contributed by atoms with Crippen molar-refractivity contribution in [1.82, 2.24) is 24.5 Å². The summed E-state index contributed by atoms with van der Waals surface area (Å²) in [5.74, 6) is 1.70. The molecule has 10 heteroatoms. The molecule has 2 aliphatic heterocycles. The van der Waals surface area contributed by atoms with Gasteiger partial charge in [-0.15, -0.1) is 11.3 Å².